The lowest BCUT2D eigenvalue weighted by Gasteiger charge is -2.09. The van der Waals surface area contributed by atoms with Crippen LogP contribution in [0, 0.1) is 0 Å². The summed E-state index contributed by atoms with van der Waals surface area (Å²) in [6.45, 7) is 0.340. The molecule has 2 rings (SSSR count). The second-order valence-electron chi connectivity index (χ2n) is 4.46. The molecule has 3 nitrogen and oxygen atoms in total. The van der Waals surface area contributed by atoms with Gasteiger partial charge in [0.1, 0.15) is 0 Å². The average molecular weight is 365 g/mol. The quantitative estimate of drug-likeness (QED) is 0.889. The Balaban J connectivity index is 2.40. The smallest absolute Gasteiger partial charge is 0.184 e. The van der Waals surface area contributed by atoms with Crippen LogP contribution in [-0.2, 0) is 22.1 Å². The Kier molecular flexibility index (Phi) is 5.17. The van der Waals surface area contributed by atoms with Crippen LogP contribution in [0.1, 0.15) is 11.1 Å². The van der Waals surface area contributed by atoms with E-state index < -0.39 is 9.84 Å². The molecule has 0 saturated carbocycles. The lowest BCUT2D eigenvalue weighted by molar-refractivity contribution is 0.595. The molecule has 2 aromatic rings. The van der Waals surface area contributed by atoms with E-state index in [1.54, 1.807) is 18.2 Å². The van der Waals surface area contributed by atoms with E-state index >= 15 is 0 Å². The molecule has 0 spiro atoms. The molecule has 0 aliphatic carbocycles. The van der Waals surface area contributed by atoms with Crippen LogP contribution < -0.4 is 5.73 Å². The fourth-order valence-corrected chi connectivity index (χ4v) is 4.38. The first-order chi connectivity index (χ1) is 9.83. The monoisotopic (exact) mass is 363 g/mol. The molecule has 0 aromatic heterocycles. The van der Waals surface area contributed by atoms with E-state index in [2.05, 4.69) is 0 Å². The van der Waals surface area contributed by atoms with Gasteiger partial charge in [0.25, 0.3) is 0 Å². The summed E-state index contributed by atoms with van der Waals surface area (Å²) in [6.07, 6.45) is 0. The Hall–Kier alpha value is -0.780. The predicted molar refractivity (Wildman–Crippen MR) is 86.7 cm³/mol. The minimum atomic E-state index is -3.64. The molecule has 0 atom stereocenters. The highest BCUT2D eigenvalue weighted by Gasteiger charge is 2.20. The highest BCUT2D eigenvalue weighted by atomic mass is 35.5. The van der Waals surface area contributed by atoms with Gasteiger partial charge in [-0.25, -0.2) is 8.42 Å². The number of rotatable bonds is 4. The predicted octanol–water partition coefficient (Wildman–Crippen LogP) is 4.08. The molecule has 112 valence electrons. The van der Waals surface area contributed by atoms with Crippen molar-refractivity contribution in [2.45, 2.75) is 17.2 Å². The van der Waals surface area contributed by atoms with Crippen LogP contribution in [-0.4, -0.2) is 8.42 Å². The zero-order valence-corrected chi connectivity index (χ0v) is 13.9. The lowest BCUT2D eigenvalue weighted by atomic mass is 10.1. The van der Waals surface area contributed by atoms with E-state index in [9.17, 15) is 8.42 Å². The van der Waals surface area contributed by atoms with Crippen LogP contribution in [0.2, 0.25) is 15.1 Å². The lowest BCUT2D eigenvalue weighted by Crippen LogP contribution is -2.07. The molecule has 21 heavy (non-hydrogen) atoms. The Labute approximate surface area is 138 Å². The third-order valence-corrected chi connectivity index (χ3v) is 5.65. The van der Waals surface area contributed by atoms with Gasteiger partial charge in [0.15, 0.2) is 9.84 Å². The van der Waals surface area contributed by atoms with Crippen LogP contribution >= 0.6 is 34.8 Å². The van der Waals surface area contributed by atoms with Gasteiger partial charge in [0.05, 0.1) is 15.7 Å². The Morgan fingerprint density at radius 1 is 0.952 bits per heavy atom. The van der Waals surface area contributed by atoms with E-state index in [0.29, 0.717) is 22.2 Å². The maximum atomic E-state index is 12.5. The number of nitrogens with two attached hydrogens (primary N) is 1. The number of hydrogen-bond acceptors (Lipinski definition) is 3. The fraction of sp³-hybridized carbons (Fsp3) is 0.143. The first-order valence-corrected chi connectivity index (χ1v) is 8.77. The fourth-order valence-electron chi connectivity index (χ4n) is 1.83. The second kappa shape index (κ2) is 6.55. The molecule has 0 saturated heterocycles. The van der Waals surface area contributed by atoms with Gasteiger partial charge in [-0.05, 0) is 35.4 Å². The van der Waals surface area contributed by atoms with Crippen LogP contribution in [0.15, 0.2) is 41.3 Å². The summed E-state index contributed by atoms with van der Waals surface area (Å²) in [5.74, 6) is -0.253. The normalized spacial score (nSPS) is 11.6. The van der Waals surface area contributed by atoms with Gasteiger partial charge in [0.2, 0.25) is 0 Å². The van der Waals surface area contributed by atoms with Gasteiger partial charge in [-0.3, -0.25) is 0 Å². The first kappa shape index (κ1) is 16.6. The Bertz CT molecular complexity index is 776. The third kappa shape index (κ3) is 3.90. The topological polar surface area (TPSA) is 60.2 Å². The molecule has 0 bridgehead atoms. The summed E-state index contributed by atoms with van der Waals surface area (Å²) in [5, 5.41) is 0.802. The molecule has 7 heteroatoms. The molecule has 0 fully saturated rings. The van der Waals surface area contributed by atoms with E-state index in [0.717, 1.165) is 5.56 Å². The summed E-state index contributed by atoms with van der Waals surface area (Å²) in [6, 6.07) is 9.38. The molecule has 0 aliphatic heterocycles. The number of benzene rings is 2. The summed E-state index contributed by atoms with van der Waals surface area (Å²) >= 11 is 17.9. The number of hydrogen-bond donors (Lipinski definition) is 1. The largest absolute Gasteiger partial charge is 0.326 e. The molecule has 0 amide bonds. The van der Waals surface area contributed by atoms with Crippen molar-refractivity contribution < 1.29 is 8.42 Å². The number of halogens is 3. The SMILES string of the molecule is NCc1ccc(CS(=O)(=O)c2cc(Cl)ccc2Cl)c(Cl)c1. The minimum absolute atomic E-state index is 0.00404. The summed E-state index contributed by atoms with van der Waals surface area (Å²) in [7, 11) is -3.64. The molecule has 0 radical (unpaired) electrons. The van der Waals surface area contributed by atoms with Crippen molar-refractivity contribution in [3.05, 3.63) is 62.6 Å². The molecule has 2 aromatic carbocycles. The zero-order valence-electron chi connectivity index (χ0n) is 10.8. The maximum absolute atomic E-state index is 12.5. The van der Waals surface area contributed by atoms with Crippen molar-refractivity contribution in [3.8, 4) is 0 Å². The van der Waals surface area contributed by atoms with E-state index in [-0.39, 0.29) is 15.7 Å². The Morgan fingerprint density at radius 2 is 1.67 bits per heavy atom. The third-order valence-electron chi connectivity index (χ3n) is 2.93. The molecule has 0 unspecified atom stereocenters. The van der Waals surface area contributed by atoms with E-state index in [4.69, 9.17) is 40.5 Å². The van der Waals surface area contributed by atoms with E-state index in [1.165, 1.54) is 18.2 Å². The molecule has 2 N–H and O–H groups in total. The first-order valence-electron chi connectivity index (χ1n) is 5.98. The van der Waals surface area contributed by atoms with Crippen molar-refractivity contribution in [2.75, 3.05) is 0 Å². The van der Waals surface area contributed by atoms with Crippen LogP contribution in [0.3, 0.4) is 0 Å². The van der Waals surface area contributed by atoms with Crippen molar-refractivity contribution in [1.82, 2.24) is 0 Å². The average Bonchev–Trinajstić information content (AvgIpc) is 2.43. The summed E-state index contributed by atoms with van der Waals surface area (Å²) in [4.78, 5) is -0.00404. The van der Waals surface area contributed by atoms with Gasteiger partial charge in [-0.2, -0.15) is 0 Å². The zero-order chi connectivity index (χ0) is 15.6. The van der Waals surface area contributed by atoms with E-state index in [1.807, 2.05) is 0 Å². The standard InChI is InChI=1S/C14H12Cl3NO2S/c15-11-3-4-12(16)14(6-11)21(19,20)8-10-2-1-9(7-18)5-13(10)17/h1-6H,7-8,18H2. The minimum Gasteiger partial charge on any atom is -0.326 e. The van der Waals surface area contributed by atoms with Crippen LogP contribution in [0.5, 0.6) is 0 Å². The Morgan fingerprint density at radius 3 is 2.29 bits per heavy atom. The van der Waals surface area contributed by atoms with Crippen LogP contribution in [0.25, 0.3) is 0 Å². The van der Waals surface area contributed by atoms with Gasteiger partial charge in [-0.15, -0.1) is 0 Å². The second-order valence-corrected chi connectivity index (χ2v) is 7.67. The summed E-state index contributed by atoms with van der Waals surface area (Å²) in [5.41, 5.74) is 6.84. The number of sulfone groups is 1. The van der Waals surface area contributed by atoms with Crippen molar-refractivity contribution in [3.63, 3.8) is 0 Å². The molecular formula is C14H12Cl3NO2S. The maximum Gasteiger partial charge on any atom is 0.184 e. The van der Waals surface area contributed by atoms with Crippen LogP contribution in [0.4, 0.5) is 0 Å². The molecule has 0 heterocycles. The highest BCUT2D eigenvalue weighted by Crippen LogP contribution is 2.29. The van der Waals surface area contributed by atoms with Crippen molar-refractivity contribution in [1.29, 1.82) is 0 Å². The van der Waals surface area contributed by atoms with Gasteiger partial charge in [-0.1, -0.05) is 46.9 Å². The van der Waals surface area contributed by atoms with Gasteiger partial charge < -0.3 is 5.73 Å². The van der Waals surface area contributed by atoms with Crippen molar-refractivity contribution >= 4 is 44.6 Å². The van der Waals surface area contributed by atoms with Crippen molar-refractivity contribution in [2.24, 2.45) is 5.73 Å². The molecule has 0 aliphatic rings. The van der Waals surface area contributed by atoms with Gasteiger partial charge in [0, 0.05) is 16.6 Å². The highest BCUT2D eigenvalue weighted by molar-refractivity contribution is 7.90. The summed E-state index contributed by atoms with van der Waals surface area (Å²) < 4.78 is 24.9. The van der Waals surface area contributed by atoms with Gasteiger partial charge >= 0.3 is 0 Å². The molecular weight excluding hydrogens is 353 g/mol.